The Balaban J connectivity index is 1.16. The SMILES string of the molecule is C=C1/C(=C/C=C/C=C/C=C/C2=C(C)c3cc4ccccc4cc3C2=O)C(=O)c2cc3ccccc3cc21. The molecule has 2 aliphatic rings. The molecule has 4 aromatic carbocycles. The third kappa shape index (κ3) is 3.84. The zero-order chi connectivity index (χ0) is 25.5. The summed E-state index contributed by atoms with van der Waals surface area (Å²) >= 11 is 0. The number of hydrogen-bond donors (Lipinski definition) is 0. The van der Waals surface area contributed by atoms with Crippen molar-refractivity contribution in [3.63, 3.8) is 0 Å². The summed E-state index contributed by atoms with van der Waals surface area (Å²) in [7, 11) is 0. The van der Waals surface area contributed by atoms with Gasteiger partial charge in [0, 0.05) is 22.3 Å². The molecule has 4 aromatic rings. The van der Waals surface area contributed by atoms with E-state index < -0.39 is 0 Å². The smallest absolute Gasteiger partial charge is 0.194 e. The van der Waals surface area contributed by atoms with Crippen molar-refractivity contribution in [1.29, 1.82) is 0 Å². The Morgan fingerprint density at radius 2 is 1.08 bits per heavy atom. The highest BCUT2D eigenvalue weighted by atomic mass is 16.1. The second kappa shape index (κ2) is 9.00. The molecule has 0 unspecified atom stereocenters. The van der Waals surface area contributed by atoms with Crippen molar-refractivity contribution in [2.75, 3.05) is 0 Å². The molecule has 0 radical (unpaired) electrons. The van der Waals surface area contributed by atoms with Gasteiger partial charge >= 0.3 is 0 Å². The maximum absolute atomic E-state index is 13.0. The van der Waals surface area contributed by atoms with E-state index in [-0.39, 0.29) is 11.6 Å². The van der Waals surface area contributed by atoms with Crippen LogP contribution in [0.3, 0.4) is 0 Å². The summed E-state index contributed by atoms with van der Waals surface area (Å²) in [5, 5.41) is 4.37. The molecule has 0 saturated carbocycles. The van der Waals surface area contributed by atoms with Crippen molar-refractivity contribution in [3.05, 3.63) is 155 Å². The molecule has 37 heavy (non-hydrogen) atoms. The highest BCUT2D eigenvalue weighted by Crippen LogP contribution is 2.38. The molecule has 0 heterocycles. The van der Waals surface area contributed by atoms with Gasteiger partial charge in [0.15, 0.2) is 11.6 Å². The lowest BCUT2D eigenvalue weighted by molar-refractivity contribution is 0.103. The minimum atomic E-state index is 0.00802. The number of allylic oxidation sites excluding steroid dienone is 11. The van der Waals surface area contributed by atoms with Crippen molar-refractivity contribution in [3.8, 4) is 0 Å². The average Bonchev–Trinajstić information content (AvgIpc) is 3.29. The van der Waals surface area contributed by atoms with Gasteiger partial charge in [0.05, 0.1) is 0 Å². The second-order valence-corrected chi connectivity index (χ2v) is 9.37. The van der Waals surface area contributed by atoms with Crippen LogP contribution in [0.15, 0.2) is 133 Å². The maximum atomic E-state index is 13.0. The number of rotatable bonds is 4. The molecule has 2 heteroatoms. The van der Waals surface area contributed by atoms with Gasteiger partial charge in [-0.3, -0.25) is 9.59 Å². The molecule has 0 atom stereocenters. The van der Waals surface area contributed by atoms with Gasteiger partial charge in [-0.05, 0) is 75.0 Å². The highest BCUT2D eigenvalue weighted by molar-refractivity contribution is 6.27. The average molecular weight is 477 g/mol. The fourth-order valence-electron chi connectivity index (χ4n) is 5.18. The van der Waals surface area contributed by atoms with Crippen molar-refractivity contribution in [1.82, 2.24) is 0 Å². The van der Waals surface area contributed by atoms with Crippen molar-refractivity contribution in [2.24, 2.45) is 0 Å². The highest BCUT2D eigenvalue weighted by Gasteiger charge is 2.28. The molecule has 0 spiro atoms. The molecular weight excluding hydrogens is 452 g/mol. The van der Waals surface area contributed by atoms with Gasteiger partial charge in [-0.25, -0.2) is 0 Å². The maximum Gasteiger partial charge on any atom is 0.194 e. The van der Waals surface area contributed by atoms with Crippen LogP contribution in [0.2, 0.25) is 0 Å². The molecular formula is C35H24O2. The molecule has 6 rings (SSSR count). The first-order chi connectivity index (χ1) is 18.0. The van der Waals surface area contributed by atoms with Gasteiger partial charge in [-0.1, -0.05) is 97.6 Å². The first kappa shape index (κ1) is 22.6. The van der Waals surface area contributed by atoms with E-state index in [1.807, 2.05) is 110 Å². The molecule has 0 N–H and O–H groups in total. The zero-order valence-corrected chi connectivity index (χ0v) is 20.5. The van der Waals surface area contributed by atoms with Crippen LogP contribution >= 0.6 is 0 Å². The summed E-state index contributed by atoms with van der Waals surface area (Å²) in [5.41, 5.74) is 6.49. The lowest BCUT2D eigenvalue weighted by Crippen LogP contribution is -1.96. The van der Waals surface area contributed by atoms with Gasteiger partial charge in [-0.2, -0.15) is 0 Å². The lowest BCUT2D eigenvalue weighted by Gasteiger charge is -2.03. The topological polar surface area (TPSA) is 34.1 Å². The summed E-state index contributed by atoms with van der Waals surface area (Å²) in [6.45, 7) is 6.17. The summed E-state index contributed by atoms with van der Waals surface area (Å²) in [6.07, 6.45) is 13.0. The van der Waals surface area contributed by atoms with Crippen LogP contribution < -0.4 is 0 Å². The van der Waals surface area contributed by atoms with E-state index in [4.69, 9.17) is 0 Å². The first-order valence-corrected chi connectivity index (χ1v) is 12.3. The van der Waals surface area contributed by atoms with E-state index >= 15 is 0 Å². The minimum Gasteiger partial charge on any atom is -0.289 e. The number of ketones is 2. The fraction of sp³-hybridized carbons (Fsp3) is 0.0286. The second-order valence-electron chi connectivity index (χ2n) is 9.37. The number of fused-ring (bicyclic) bond motifs is 4. The summed E-state index contributed by atoms with van der Waals surface area (Å²) in [6, 6.07) is 24.2. The standard InChI is InChI=1S/C35H24O2/c1-22-28(34(36)32-20-26-14-10-8-12-24(26)18-30(22)32)16-6-4-3-5-7-17-29-23(2)31-19-25-13-9-11-15-27(25)21-33(31)35(29)37/h3-21H,1H2,2H3/b5-3+,6-4+,17-7+,28-16-. The number of Topliss-reactive ketones (excluding diaryl/α,β-unsaturated/α-hetero) is 2. The Labute approximate surface area is 215 Å². The van der Waals surface area contributed by atoms with Crippen LogP contribution in [0.1, 0.15) is 38.8 Å². The van der Waals surface area contributed by atoms with E-state index in [0.29, 0.717) is 11.1 Å². The van der Waals surface area contributed by atoms with Crippen LogP contribution in [0.4, 0.5) is 0 Å². The molecule has 2 aliphatic carbocycles. The quantitative estimate of drug-likeness (QED) is 0.219. The van der Waals surface area contributed by atoms with Crippen LogP contribution in [-0.2, 0) is 0 Å². The predicted molar refractivity (Wildman–Crippen MR) is 154 cm³/mol. The van der Waals surface area contributed by atoms with E-state index in [2.05, 4.69) is 18.7 Å². The number of benzene rings is 4. The Morgan fingerprint density at radius 1 is 0.595 bits per heavy atom. The molecule has 0 saturated heterocycles. The molecule has 2 nitrogen and oxygen atoms in total. The van der Waals surface area contributed by atoms with Gasteiger partial charge < -0.3 is 0 Å². The third-order valence-electron chi connectivity index (χ3n) is 7.18. The van der Waals surface area contributed by atoms with E-state index in [1.165, 1.54) is 0 Å². The molecule has 176 valence electrons. The Morgan fingerprint density at radius 3 is 1.70 bits per heavy atom. The van der Waals surface area contributed by atoms with E-state index in [9.17, 15) is 9.59 Å². The van der Waals surface area contributed by atoms with Crippen LogP contribution in [0.25, 0.3) is 32.7 Å². The fourth-order valence-corrected chi connectivity index (χ4v) is 5.18. The van der Waals surface area contributed by atoms with Gasteiger partial charge in [0.2, 0.25) is 0 Å². The Bertz CT molecular complexity index is 1760. The number of hydrogen-bond acceptors (Lipinski definition) is 2. The molecule has 0 aromatic heterocycles. The normalized spacial score (nSPS) is 16.6. The van der Waals surface area contributed by atoms with Crippen molar-refractivity contribution in [2.45, 2.75) is 6.92 Å². The van der Waals surface area contributed by atoms with Gasteiger partial charge in [-0.15, -0.1) is 0 Å². The summed E-state index contributed by atoms with van der Waals surface area (Å²) in [5.74, 6) is 0.0716. The van der Waals surface area contributed by atoms with Crippen molar-refractivity contribution >= 4 is 44.3 Å². The Kier molecular flexibility index (Phi) is 5.50. The minimum absolute atomic E-state index is 0.00802. The third-order valence-corrected chi connectivity index (χ3v) is 7.18. The monoisotopic (exact) mass is 476 g/mol. The predicted octanol–water partition coefficient (Wildman–Crippen LogP) is 8.47. The molecule has 0 aliphatic heterocycles. The number of carbonyl (C=O) groups is 2. The van der Waals surface area contributed by atoms with Crippen molar-refractivity contribution < 1.29 is 9.59 Å². The number of carbonyl (C=O) groups excluding carboxylic acids is 2. The van der Waals surface area contributed by atoms with Gasteiger partial charge in [0.1, 0.15) is 0 Å². The molecule has 0 fully saturated rings. The zero-order valence-electron chi connectivity index (χ0n) is 20.5. The summed E-state index contributed by atoms with van der Waals surface area (Å²) < 4.78 is 0. The van der Waals surface area contributed by atoms with Crippen LogP contribution in [0.5, 0.6) is 0 Å². The largest absolute Gasteiger partial charge is 0.289 e. The van der Waals surface area contributed by atoms with Crippen LogP contribution in [-0.4, -0.2) is 11.6 Å². The van der Waals surface area contributed by atoms with E-state index in [0.717, 1.165) is 55.0 Å². The van der Waals surface area contributed by atoms with Gasteiger partial charge in [0.25, 0.3) is 0 Å². The molecule has 0 amide bonds. The first-order valence-electron chi connectivity index (χ1n) is 12.3. The molecule has 0 bridgehead atoms. The summed E-state index contributed by atoms with van der Waals surface area (Å²) in [4.78, 5) is 26.0. The van der Waals surface area contributed by atoms with E-state index in [1.54, 1.807) is 0 Å². The van der Waals surface area contributed by atoms with Crippen LogP contribution in [0, 0.1) is 0 Å². The Hall–Kier alpha value is -4.82. The lowest BCUT2D eigenvalue weighted by atomic mass is 10.0.